The van der Waals surface area contributed by atoms with Crippen LogP contribution in [0.25, 0.3) is 11.3 Å². The molecule has 0 amide bonds. The number of sulfonamides is 1. The van der Waals surface area contributed by atoms with Crippen molar-refractivity contribution in [3.8, 4) is 22.8 Å². The van der Waals surface area contributed by atoms with Crippen LogP contribution < -0.4 is 24.8 Å². The van der Waals surface area contributed by atoms with Crippen LogP contribution in [0.3, 0.4) is 0 Å². The second-order valence-electron chi connectivity index (χ2n) is 6.48. The number of aromatic nitrogens is 1. The Bertz CT molecular complexity index is 1140. The average Bonchev–Trinajstić information content (AvgIpc) is 3.19. The van der Waals surface area contributed by atoms with Crippen LogP contribution in [0.4, 0.5) is 10.8 Å². The third kappa shape index (κ3) is 6.84. The van der Waals surface area contributed by atoms with Crippen molar-refractivity contribution in [3.63, 3.8) is 0 Å². The van der Waals surface area contributed by atoms with E-state index in [4.69, 9.17) is 14.9 Å². The van der Waals surface area contributed by atoms with Crippen molar-refractivity contribution in [1.82, 2.24) is 10.3 Å². The Hall–Kier alpha value is -2.83. The number of nitrogens with zero attached hydrogens (tertiary/aromatic N) is 1. The van der Waals surface area contributed by atoms with Gasteiger partial charge in [-0.15, -0.1) is 28.3 Å². The van der Waals surface area contributed by atoms with E-state index in [9.17, 15) is 8.42 Å². The molecular weight excluding hydrogens is 518 g/mol. The zero-order chi connectivity index (χ0) is 22.4. The fourth-order valence-corrected chi connectivity index (χ4v) is 4.11. The van der Waals surface area contributed by atoms with Gasteiger partial charge in [0.1, 0.15) is 11.5 Å². The molecule has 3 rings (SSSR count). The molecule has 0 aliphatic heterocycles. The molecule has 9 nitrogen and oxygen atoms in total. The van der Waals surface area contributed by atoms with Crippen molar-refractivity contribution in [1.29, 1.82) is 5.41 Å². The van der Waals surface area contributed by atoms with Gasteiger partial charge in [-0.2, -0.15) is 0 Å². The number of thiazole rings is 1. The highest BCUT2D eigenvalue weighted by molar-refractivity contribution is 8.93. The Kier molecular flexibility index (Phi) is 8.87. The fraction of sp³-hybridized carbons (Fsp3) is 0.200. The maximum Gasteiger partial charge on any atom is 0.229 e. The number of ether oxygens (including phenoxy) is 2. The van der Waals surface area contributed by atoms with Crippen molar-refractivity contribution in [2.75, 3.05) is 30.5 Å². The van der Waals surface area contributed by atoms with Crippen LogP contribution in [-0.4, -0.2) is 39.8 Å². The minimum atomic E-state index is -3.32. The van der Waals surface area contributed by atoms with E-state index in [2.05, 4.69) is 20.3 Å². The highest BCUT2D eigenvalue weighted by atomic mass is 79.9. The molecule has 4 N–H and O–H groups in total. The zero-order valence-electron chi connectivity index (χ0n) is 17.6. The van der Waals surface area contributed by atoms with Gasteiger partial charge < -0.3 is 20.1 Å². The smallest absolute Gasteiger partial charge is 0.229 e. The standard InChI is InChI=1S/C20H23N5O4S2.BrH/c1-28-17-5-4-6-18(29-2)15(17)11-22-19(21)24-20-23-16(12-30-20)13-7-9-14(10-8-13)25-31(3,26)27;/h4-10,12,25H,11H2,1-3H3,(H3,21,22,23,24);1H. The summed E-state index contributed by atoms with van der Waals surface area (Å²) in [6.45, 7) is 0.339. The summed E-state index contributed by atoms with van der Waals surface area (Å²) in [7, 11) is -0.146. The number of nitrogens with one attached hydrogen (secondary N) is 4. The maximum atomic E-state index is 11.3. The first-order valence-corrected chi connectivity index (χ1v) is 11.9. The molecule has 0 saturated carbocycles. The van der Waals surface area contributed by atoms with Gasteiger partial charge in [-0.1, -0.05) is 18.2 Å². The van der Waals surface area contributed by atoms with Gasteiger partial charge in [-0.25, -0.2) is 13.4 Å². The number of guanidine groups is 1. The quantitative estimate of drug-likeness (QED) is 0.251. The summed E-state index contributed by atoms with van der Waals surface area (Å²) in [4.78, 5) is 4.49. The Morgan fingerprint density at radius 2 is 1.72 bits per heavy atom. The lowest BCUT2D eigenvalue weighted by Crippen LogP contribution is -2.29. The molecule has 2 aromatic carbocycles. The van der Waals surface area contributed by atoms with E-state index in [1.807, 2.05) is 23.6 Å². The Balaban J connectivity index is 0.00000363. The maximum absolute atomic E-state index is 11.3. The monoisotopic (exact) mass is 541 g/mol. The minimum Gasteiger partial charge on any atom is -0.496 e. The second-order valence-corrected chi connectivity index (χ2v) is 9.09. The molecule has 3 aromatic rings. The van der Waals surface area contributed by atoms with E-state index in [-0.39, 0.29) is 22.9 Å². The molecule has 0 aliphatic rings. The molecule has 1 heterocycles. The van der Waals surface area contributed by atoms with Crippen molar-refractivity contribution < 1.29 is 17.9 Å². The fourth-order valence-electron chi connectivity index (χ4n) is 2.82. The van der Waals surface area contributed by atoms with E-state index in [1.165, 1.54) is 11.3 Å². The van der Waals surface area contributed by atoms with E-state index in [1.54, 1.807) is 38.5 Å². The SMILES string of the molecule is Br.COc1cccc(OC)c1CNC(=N)Nc1nc(-c2ccc(NS(C)(=O)=O)cc2)cs1. The molecule has 0 radical (unpaired) electrons. The molecule has 12 heteroatoms. The Morgan fingerprint density at radius 3 is 2.28 bits per heavy atom. The normalized spacial score (nSPS) is 10.6. The number of anilines is 2. The van der Waals surface area contributed by atoms with Gasteiger partial charge >= 0.3 is 0 Å². The third-order valence-electron chi connectivity index (χ3n) is 4.19. The summed E-state index contributed by atoms with van der Waals surface area (Å²) in [6, 6.07) is 12.4. The lowest BCUT2D eigenvalue weighted by Gasteiger charge is -2.14. The van der Waals surface area contributed by atoms with Crippen LogP contribution >= 0.6 is 28.3 Å². The number of rotatable bonds is 8. The number of hydrogen-bond donors (Lipinski definition) is 4. The molecule has 0 unspecified atom stereocenters. The molecule has 0 spiro atoms. The van der Waals surface area contributed by atoms with Crippen molar-refractivity contribution in [3.05, 3.63) is 53.4 Å². The first-order valence-electron chi connectivity index (χ1n) is 9.12. The molecule has 0 aliphatic carbocycles. The van der Waals surface area contributed by atoms with Gasteiger partial charge in [-0.3, -0.25) is 10.1 Å². The first kappa shape index (κ1) is 25.4. The van der Waals surface area contributed by atoms with Crippen molar-refractivity contribution in [2.24, 2.45) is 0 Å². The Labute approximate surface area is 201 Å². The van der Waals surface area contributed by atoms with E-state index >= 15 is 0 Å². The molecule has 1 aromatic heterocycles. The molecule has 0 atom stereocenters. The topological polar surface area (TPSA) is 125 Å². The summed E-state index contributed by atoms with van der Waals surface area (Å²) in [5.41, 5.74) is 2.85. The lowest BCUT2D eigenvalue weighted by molar-refractivity contribution is 0.384. The number of methoxy groups -OCH3 is 2. The molecular formula is C20H24BrN5O4S2. The van der Waals surface area contributed by atoms with Crippen molar-refractivity contribution in [2.45, 2.75) is 6.54 Å². The molecule has 0 fully saturated rings. The first-order chi connectivity index (χ1) is 14.8. The van der Waals surface area contributed by atoms with E-state index in [0.29, 0.717) is 28.9 Å². The third-order valence-corrected chi connectivity index (χ3v) is 5.56. The van der Waals surface area contributed by atoms with Crippen molar-refractivity contribution >= 4 is 55.1 Å². The van der Waals surface area contributed by atoms with Gasteiger partial charge in [0.25, 0.3) is 0 Å². The molecule has 32 heavy (non-hydrogen) atoms. The average molecular weight is 542 g/mol. The second kappa shape index (κ2) is 11.2. The lowest BCUT2D eigenvalue weighted by atomic mass is 10.1. The van der Waals surface area contributed by atoms with Gasteiger partial charge in [0.15, 0.2) is 11.1 Å². The van der Waals surface area contributed by atoms with E-state index in [0.717, 1.165) is 23.1 Å². The van der Waals surface area contributed by atoms with Gasteiger partial charge in [-0.05, 0) is 24.3 Å². The summed E-state index contributed by atoms with van der Waals surface area (Å²) in [5.74, 6) is 1.43. The summed E-state index contributed by atoms with van der Waals surface area (Å²) < 4.78 is 35.8. The van der Waals surface area contributed by atoms with Gasteiger partial charge in [0.05, 0.1) is 38.3 Å². The molecule has 0 saturated heterocycles. The highest BCUT2D eigenvalue weighted by Gasteiger charge is 2.11. The predicted octanol–water partition coefficient (Wildman–Crippen LogP) is 3.91. The van der Waals surface area contributed by atoms with Crippen LogP contribution in [-0.2, 0) is 16.6 Å². The van der Waals surface area contributed by atoms with Gasteiger partial charge in [0, 0.05) is 16.6 Å². The Morgan fingerprint density at radius 1 is 1.09 bits per heavy atom. The zero-order valence-corrected chi connectivity index (χ0v) is 21.0. The van der Waals surface area contributed by atoms with Crippen LogP contribution in [0, 0.1) is 5.41 Å². The molecule has 172 valence electrons. The number of hydrogen-bond acceptors (Lipinski definition) is 7. The highest BCUT2D eigenvalue weighted by Crippen LogP contribution is 2.28. The number of benzene rings is 2. The van der Waals surface area contributed by atoms with Crippen LogP contribution in [0.2, 0.25) is 0 Å². The van der Waals surface area contributed by atoms with Gasteiger partial charge in [0.2, 0.25) is 10.0 Å². The predicted molar refractivity (Wildman–Crippen MR) is 134 cm³/mol. The summed E-state index contributed by atoms with van der Waals surface area (Å²) in [6.07, 6.45) is 1.10. The number of halogens is 1. The summed E-state index contributed by atoms with van der Waals surface area (Å²) in [5, 5.41) is 16.5. The van der Waals surface area contributed by atoms with Crippen LogP contribution in [0.15, 0.2) is 47.8 Å². The molecule has 0 bridgehead atoms. The summed E-state index contributed by atoms with van der Waals surface area (Å²) >= 11 is 1.36. The van der Waals surface area contributed by atoms with E-state index < -0.39 is 10.0 Å². The largest absolute Gasteiger partial charge is 0.496 e. The minimum absolute atomic E-state index is 0. The van der Waals surface area contributed by atoms with Crippen LogP contribution in [0.5, 0.6) is 11.5 Å². The van der Waals surface area contributed by atoms with Crippen LogP contribution in [0.1, 0.15) is 5.56 Å².